The number of halogens is 1. The third-order valence-electron chi connectivity index (χ3n) is 6.69. The molecular weight excluding hydrogens is 512 g/mol. The molecule has 5 rings (SSSR count). The van der Waals surface area contributed by atoms with Crippen LogP contribution in [0.15, 0.2) is 71.2 Å². The molecule has 8 heteroatoms. The number of nitrogens with one attached hydrogen (secondary N) is 1. The second-order valence-corrected chi connectivity index (χ2v) is 9.51. The molecule has 1 N–H and O–H groups in total. The number of hydrogen-bond donors (Lipinski definition) is 1. The van der Waals surface area contributed by atoms with E-state index in [2.05, 4.69) is 39.5 Å². The van der Waals surface area contributed by atoms with E-state index in [0.29, 0.717) is 23.9 Å². The summed E-state index contributed by atoms with van der Waals surface area (Å²) >= 11 is 3.69. The number of nitrogens with zero attached hydrogens (tertiary/aromatic N) is 1. The number of rotatable bonds is 7. The van der Waals surface area contributed by atoms with Crippen molar-refractivity contribution >= 4 is 27.3 Å². The van der Waals surface area contributed by atoms with Crippen LogP contribution in [0, 0.1) is 16.0 Å². The number of hydrogen-bond acceptors (Lipinski definition) is 6. The topological polar surface area (TPSA) is 82.9 Å². The lowest BCUT2D eigenvalue weighted by Gasteiger charge is -2.38. The zero-order valence-electron chi connectivity index (χ0n) is 19.4. The molecule has 0 radical (unpaired) electrons. The Bertz CT molecular complexity index is 1290. The third-order valence-corrected chi connectivity index (χ3v) is 7.27. The molecule has 7 nitrogen and oxygen atoms in total. The minimum atomic E-state index is -0.376. The fourth-order valence-electron chi connectivity index (χ4n) is 5.04. The minimum absolute atomic E-state index is 0.0317. The standard InChI is InChI=1S/C27H25BrN2O5/c1-33-23-14-18(30(31)32)13-21-19-9-6-10-20(19)25(29-26(21)23)17-11-22(28)27(24(12-17)34-2)35-15-16-7-4-3-5-8-16/h3-9,11-14,19-20,25,29H,10,15H2,1-2H3/t19-,20-,25+/m0/s1. The van der Waals surface area contributed by atoms with E-state index >= 15 is 0 Å². The van der Waals surface area contributed by atoms with Crippen LogP contribution in [0.5, 0.6) is 17.2 Å². The number of non-ortho nitro benzene ring substituents is 1. The summed E-state index contributed by atoms with van der Waals surface area (Å²) in [6, 6.07) is 17.1. The molecule has 1 aliphatic heterocycles. The van der Waals surface area contributed by atoms with Crippen LogP contribution < -0.4 is 19.5 Å². The SMILES string of the molecule is COc1cc([N+](=O)[O-])cc2c1N[C@H](c1cc(Br)c(OCc3ccccc3)c(OC)c1)[C@H]1CC=C[C@H]21. The van der Waals surface area contributed by atoms with Crippen molar-refractivity contribution in [3.8, 4) is 17.2 Å². The molecular formula is C27H25BrN2O5. The van der Waals surface area contributed by atoms with Gasteiger partial charge < -0.3 is 19.5 Å². The molecule has 0 bridgehead atoms. The predicted molar refractivity (Wildman–Crippen MR) is 137 cm³/mol. The van der Waals surface area contributed by atoms with Gasteiger partial charge in [0.05, 0.1) is 41.4 Å². The fourth-order valence-corrected chi connectivity index (χ4v) is 5.61. The zero-order valence-corrected chi connectivity index (χ0v) is 20.9. The maximum Gasteiger partial charge on any atom is 0.273 e. The first-order valence-electron chi connectivity index (χ1n) is 11.3. The van der Waals surface area contributed by atoms with E-state index in [1.54, 1.807) is 13.2 Å². The summed E-state index contributed by atoms with van der Waals surface area (Å²) in [5, 5.41) is 15.1. The predicted octanol–water partition coefficient (Wildman–Crippen LogP) is 6.78. The van der Waals surface area contributed by atoms with Gasteiger partial charge in [0.25, 0.3) is 5.69 Å². The highest BCUT2D eigenvalue weighted by atomic mass is 79.9. The monoisotopic (exact) mass is 536 g/mol. The van der Waals surface area contributed by atoms with Gasteiger partial charge in [0.2, 0.25) is 0 Å². The van der Waals surface area contributed by atoms with E-state index in [1.165, 1.54) is 13.2 Å². The molecule has 0 amide bonds. The molecule has 0 aromatic heterocycles. The minimum Gasteiger partial charge on any atom is -0.494 e. The van der Waals surface area contributed by atoms with Crippen molar-refractivity contribution in [2.24, 2.45) is 5.92 Å². The molecule has 3 aromatic carbocycles. The van der Waals surface area contributed by atoms with Gasteiger partial charge in [-0.3, -0.25) is 10.1 Å². The van der Waals surface area contributed by atoms with Gasteiger partial charge in [-0.25, -0.2) is 0 Å². The molecule has 3 atom stereocenters. The average molecular weight is 537 g/mol. The Labute approximate surface area is 212 Å². The van der Waals surface area contributed by atoms with Gasteiger partial charge in [-0.2, -0.15) is 0 Å². The lowest BCUT2D eigenvalue weighted by Crippen LogP contribution is -2.29. The smallest absolute Gasteiger partial charge is 0.273 e. The van der Waals surface area contributed by atoms with Gasteiger partial charge in [-0.15, -0.1) is 0 Å². The lowest BCUT2D eigenvalue weighted by atomic mass is 9.76. The Morgan fingerprint density at radius 1 is 1.09 bits per heavy atom. The first-order chi connectivity index (χ1) is 17.0. The maximum atomic E-state index is 11.5. The quantitative estimate of drug-likeness (QED) is 0.203. The lowest BCUT2D eigenvalue weighted by molar-refractivity contribution is -0.385. The third kappa shape index (κ3) is 4.34. The molecule has 180 valence electrons. The van der Waals surface area contributed by atoms with Crippen LogP contribution in [0.1, 0.15) is 35.1 Å². The fraction of sp³-hybridized carbons (Fsp3) is 0.259. The number of nitro groups is 1. The van der Waals surface area contributed by atoms with Crippen molar-refractivity contribution in [2.45, 2.75) is 25.0 Å². The zero-order chi connectivity index (χ0) is 24.5. The van der Waals surface area contributed by atoms with Crippen molar-refractivity contribution in [2.75, 3.05) is 19.5 Å². The van der Waals surface area contributed by atoms with E-state index in [-0.39, 0.29) is 28.5 Å². The first kappa shape index (κ1) is 23.2. The molecule has 0 saturated heterocycles. The summed E-state index contributed by atoms with van der Waals surface area (Å²) in [5.74, 6) is 1.99. The van der Waals surface area contributed by atoms with E-state index in [0.717, 1.165) is 33.3 Å². The van der Waals surface area contributed by atoms with Crippen molar-refractivity contribution in [1.29, 1.82) is 0 Å². The van der Waals surface area contributed by atoms with Crippen LogP contribution in [-0.2, 0) is 6.61 Å². The van der Waals surface area contributed by atoms with Crippen molar-refractivity contribution < 1.29 is 19.1 Å². The van der Waals surface area contributed by atoms with E-state index in [4.69, 9.17) is 14.2 Å². The molecule has 1 heterocycles. The maximum absolute atomic E-state index is 11.5. The van der Waals surface area contributed by atoms with E-state index < -0.39 is 0 Å². The number of anilines is 1. The number of ether oxygens (including phenoxy) is 3. The van der Waals surface area contributed by atoms with Crippen molar-refractivity contribution in [1.82, 2.24) is 0 Å². The van der Waals surface area contributed by atoms with Crippen LogP contribution in [0.4, 0.5) is 11.4 Å². The Morgan fingerprint density at radius 2 is 1.86 bits per heavy atom. The van der Waals surface area contributed by atoms with Gasteiger partial charge in [0.1, 0.15) is 12.4 Å². The average Bonchev–Trinajstić information content (AvgIpc) is 3.37. The van der Waals surface area contributed by atoms with Gasteiger partial charge in [0.15, 0.2) is 11.5 Å². The second-order valence-electron chi connectivity index (χ2n) is 8.65. The summed E-state index contributed by atoms with van der Waals surface area (Å²) in [7, 11) is 3.16. The van der Waals surface area contributed by atoms with Crippen molar-refractivity contribution in [3.63, 3.8) is 0 Å². The molecule has 0 spiro atoms. The number of allylic oxidation sites excluding steroid dienone is 2. The van der Waals surface area contributed by atoms with Crippen LogP contribution in [-0.4, -0.2) is 19.1 Å². The highest BCUT2D eigenvalue weighted by Gasteiger charge is 2.40. The molecule has 1 aliphatic carbocycles. The molecule has 3 aromatic rings. The van der Waals surface area contributed by atoms with Gasteiger partial charge in [-0.05, 0) is 57.1 Å². The molecule has 0 fully saturated rings. The molecule has 35 heavy (non-hydrogen) atoms. The van der Waals surface area contributed by atoms with Crippen LogP contribution in [0.2, 0.25) is 0 Å². The van der Waals surface area contributed by atoms with Gasteiger partial charge in [0, 0.05) is 12.0 Å². The van der Waals surface area contributed by atoms with Gasteiger partial charge in [-0.1, -0.05) is 42.5 Å². The molecule has 0 unspecified atom stereocenters. The Kier molecular flexibility index (Phi) is 6.38. The Balaban J connectivity index is 1.51. The highest BCUT2D eigenvalue weighted by molar-refractivity contribution is 9.10. The first-order valence-corrected chi connectivity index (χ1v) is 12.1. The highest BCUT2D eigenvalue weighted by Crippen LogP contribution is 2.54. The number of benzene rings is 3. The summed E-state index contributed by atoms with van der Waals surface area (Å²) in [5.41, 5.74) is 3.81. The summed E-state index contributed by atoms with van der Waals surface area (Å²) < 4.78 is 18.2. The summed E-state index contributed by atoms with van der Waals surface area (Å²) in [4.78, 5) is 11.1. The molecule has 2 aliphatic rings. The van der Waals surface area contributed by atoms with Crippen molar-refractivity contribution in [3.05, 3.63) is 98.0 Å². The summed E-state index contributed by atoms with van der Waals surface area (Å²) in [6.45, 7) is 0.425. The van der Waals surface area contributed by atoms with E-state index in [1.807, 2.05) is 36.4 Å². The molecule has 0 saturated carbocycles. The number of methoxy groups -OCH3 is 2. The Morgan fingerprint density at radius 3 is 2.57 bits per heavy atom. The Hall–Kier alpha value is -3.52. The van der Waals surface area contributed by atoms with Crippen LogP contribution in [0.25, 0.3) is 0 Å². The normalized spacial score (nSPS) is 19.9. The second kappa shape index (κ2) is 9.62. The number of nitro benzene ring substituents is 1. The largest absolute Gasteiger partial charge is 0.494 e. The van der Waals surface area contributed by atoms with Gasteiger partial charge >= 0.3 is 0 Å². The van der Waals surface area contributed by atoms with Crippen LogP contribution in [0.3, 0.4) is 0 Å². The number of fused-ring (bicyclic) bond motifs is 3. The summed E-state index contributed by atoms with van der Waals surface area (Å²) in [6.07, 6.45) is 5.15. The van der Waals surface area contributed by atoms with Crippen LogP contribution >= 0.6 is 15.9 Å². The van der Waals surface area contributed by atoms with E-state index in [9.17, 15) is 10.1 Å².